The van der Waals surface area contributed by atoms with Gasteiger partial charge < -0.3 is 4.74 Å². The number of thiazole rings is 1. The van der Waals surface area contributed by atoms with Crippen molar-refractivity contribution in [3.8, 4) is 5.75 Å². The molecule has 2 rings (SSSR count). The Labute approximate surface area is 144 Å². The van der Waals surface area contributed by atoms with Gasteiger partial charge in [-0.15, -0.1) is 11.3 Å². The number of aryl methyl sites for hydroxylation is 3. The van der Waals surface area contributed by atoms with Crippen LogP contribution in [0.2, 0.25) is 0 Å². The van der Waals surface area contributed by atoms with Crippen LogP contribution in [-0.4, -0.2) is 23.4 Å². The number of carbonyl (C=O) groups is 2. The van der Waals surface area contributed by atoms with E-state index in [-0.39, 0.29) is 6.61 Å². The molecule has 0 unspecified atom stereocenters. The fourth-order valence-corrected chi connectivity index (χ4v) is 2.57. The molecule has 1 aromatic heterocycles. The second kappa shape index (κ2) is 8.26. The molecular formula is C17H19N3O3S. The number of aromatic nitrogens is 1. The van der Waals surface area contributed by atoms with E-state index >= 15 is 0 Å². The van der Waals surface area contributed by atoms with Crippen molar-refractivity contribution in [2.24, 2.45) is 0 Å². The van der Waals surface area contributed by atoms with E-state index in [1.165, 1.54) is 17.4 Å². The predicted molar refractivity (Wildman–Crippen MR) is 93.6 cm³/mol. The number of hydrogen-bond acceptors (Lipinski definition) is 5. The van der Waals surface area contributed by atoms with Gasteiger partial charge in [-0.3, -0.25) is 20.4 Å². The van der Waals surface area contributed by atoms with Gasteiger partial charge in [-0.05, 0) is 50.1 Å². The molecule has 2 amide bonds. The zero-order chi connectivity index (χ0) is 17.5. The van der Waals surface area contributed by atoms with E-state index in [1.54, 1.807) is 6.08 Å². The van der Waals surface area contributed by atoms with Crippen molar-refractivity contribution in [2.75, 3.05) is 6.61 Å². The first-order chi connectivity index (χ1) is 11.4. The molecule has 7 heteroatoms. The Morgan fingerprint density at radius 3 is 2.50 bits per heavy atom. The molecule has 6 nitrogen and oxygen atoms in total. The van der Waals surface area contributed by atoms with Crippen LogP contribution in [0, 0.1) is 20.8 Å². The van der Waals surface area contributed by atoms with Crippen molar-refractivity contribution < 1.29 is 14.3 Å². The maximum absolute atomic E-state index is 11.7. The third kappa shape index (κ3) is 5.85. The number of nitrogens with zero attached hydrogens (tertiary/aromatic N) is 1. The minimum Gasteiger partial charge on any atom is -0.484 e. The Hall–Kier alpha value is -2.67. The third-order valence-electron chi connectivity index (χ3n) is 2.93. The highest BCUT2D eigenvalue weighted by atomic mass is 32.1. The maximum atomic E-state index is 11.7. The number of hydrazine groups is 1. The van der Waals surface area contributed by atoms with Gasteiger partial charge in [0, 0.05) is 11.5 Å². The fourth-order valence-electron chi connectivity index (χ4n) is 1.99. The Bertz CT molecular complexity index is 748. The molecule has 0 aliphatic rings. The topological polar surface area (TPSA) is 80.3 Å². The normalized spacial score (nSPS) is 10.6. The van der Waals surface area contributed by atoms with E-state index in [0.29, 0.717) is 11.4 Å². The fraction of sp³-hybridized carbons (Fsp3) is 0.235. The van der Waals surface area contributed by atoms with E-state index < -0.39 is 11.8 Å². The highest BCUT2D eigenvalue weighted by Crippen LogP contribution is 2.15. The van der Waals surface area contributed by atoms with Crippen molar-refractivity contribution in [3.63, 3.8) is 0 Å². The molecule has 0 aliphatic heterocycles. The van der Waals surface area contributed by atoms with Gasteiger partial charge in [0.25, 0.3) is 11.8 Å². The molecule has 24 heavy (non-hydrogen) atoms. The number of ether oxygens (including phenoxy) is 1. The molecule has 0 radical (unpaired) electrons. The van der Waals surface area contributed by atoms with Gasteiger partial charge in [0.05, 0.1) is 10.7 Å². The van der Waals surface area contributed by atoms with Crippen molar-refractivity contribution in [3.05, 3.63) is 51.5 Å². The van der Waals surface area contributed by atoms with Crippen LogP contribution >= 0.6 is 11.3 Å². The minimum absolute atomic E-state index is 0.182. The van der Waals surface area contributed by atoms with Crippen LogP contribution in [0.25, 0.3) is 6.08 Å². The SMILES string of the molecule is Cc1cc(C)cc(OCC(=O)NNC(=O)/C=C/c2csc(C)n2)c1. The van der Waals surface area contributed by atoms with Crippen molar-refractivity contribution in [1.82, 2.24) is 15.8 Å². The lowest BCUT2D eigenvalue weighted by molar-refractivity contribution is -0.128. The van der Waals surface area contributed by atoms with Crippen molar-refractivity contribution in [2.45, 2.75) is 20.8 Å². The summed E-state index contributed by atoms with van der Waals surface area (Å²) in [5.41, 5.74) is 7.40. The van der Waals surface area contributed by atoms with Gasteiger partial charge in [-0.25, -0.2) is 4.98 Å². The summed E-state index contributed by atoms with van der Waals surface area (Å²) in [6.45, 7) is 5.61. The molecule has 0 aliphatic carbocycles. The quantitative estimate of drug-likeness (QED) is 0.644. The second-order valence-electron chi connectivity index (χ2n) is 5.27. The first-order valence-corrected chi connectivity index (χ1v) is 8.20. The Kier molecular flexibility index (Phi) is 6.08. The lowest BCUT2D eigenvalue weighted by Gasteiger charge is -2.09. The van der Waals surface area contributed by atoms with Crippen molar-refractivity contribution in [1.29, 1.82) is 0 Å². The van der Waals surface area contributed by atoms with Crippen molar-refractivity contribution >= 4 is 29.2 Å². The smallest absolute Gasteiger partial charge is 0.276 e. The van der Waals surface area contributed by atoms with Crippen LogP contribution in [0.15, 0.2) is 29.7 Å². The van der Waals surface area contributed by atoms with Crippen LogP contribution in [-0.2, 0) is 9.59 Å². The molecule has 2 aromatic rings. The molecule has 126 valence electrons. The molecule has 1 aromatic carbocycles. The third-order valence-corrected chi connectivity index (χ3v) is 3.72. The summed E-state index contributed by atoms with van der Waals surface area (Å²) in [7, 11) is 0. The lowest BCUT2D eigenvalue weighted by atomic mass is 10.1. The molecule has 0 saturated heterocycles. The van der Waals surface area contributed by atoms with E-state index in [9.17, 15) is 9.59 Å². The summed E-state index contributed by atoms with van der Waals surface area (Å²) < 4.78 is 5.40. The molecule has 2 N–H and O–H groups in total. The molecular weight excluding hydrogens is 326 g/mol. The average Bonchev–Trinajstić information content (AvgIpc) is 2.93. The summed E-state index contributed by atoms with van der Waals surface area (Å²) in [5.74, 6) is -0.270. The minimum atomic E-state index is -0.444. The van der Waals surface area contributed by atoms with Gasteiger partial charge >= 0.3 is 0 Å². The summed E-state index contributed by atoms with van der Waals surface area (Å²) in [6.07, 6.45) is 2.89. The van der Waals surface area contributed by atoms with Gasteiger partial charge in [0.15, 0.2) is 6.61 Å². The largest absolute Gasteiger partial charge is 0.484 e. The first-order valence-electron chi connectivity index (χ1n) is 7.32. The average molecular weight is 345 g/mol. The van der Waals surface area contributed by atoms with E-state index in [4.69, 9.17) is 4.74 Å². The molecule has 0 atom stereocenters. The summed E-state index contributed by atoms with van der Waals surface area (Å²) >= 11 is 1.50. The number of amides is 2. The van der Waals surface area contributed by atoms with Crippen LogP contribution in [0.1, 0.15) is 21.8 Å². The Morgan fingerprint density at radius 1 is 1.17 bits per heavy atom. The monoisotopic (exact) mass is 345 g/mol. The van der Waals surface area contributed by atoms with Crippen LogP contribution < -0.4 is 15.6 Å². The van der Waals surface area contributed by atoms with Crippen LogP contribution in [0.3, 0.4) is 0 Å². The number of benzene rings is 1. The number of carbonyl (C=O) groups excluding carboxylic acids is 2. The summed E-state index contributed by atoms with van der Waals surface area (Å²) in [6, 6.07) is 5.71. The molecule has 0 fully saturated rings. The Morgan fingerprint density at radius 2 is 1.88 bits per heavy atom. The standard InChI is InChI=1S/C17H19N3O3S/c1-11-6-12(2)8-15(7-11)23-9-17(22)20-19-16(21)5-4-14-10-24-13(3)18-14/h4-8,10H,9H2,1-3H3,(H,19,21)(H,20,22)/b5-4+. The summed E-state index contributed by atoms with van der Waals surface area (Å²) in [4.78, 5) is 27.5. The van der Waals surface area contributed by atoms with E-state index in [2.05, 4.69) is 15.8 Å². The zero-order valence-corrected chi connectivity index (χ0v) is 14.6. The number of hydrogen-bond donors (Lipinski definition) is 2. The Balaban J connectivity index is 1.74. The molecule has 0 saturated carbocycles. The molecule has 0 bridgehead atoms. The number of nitrogens with one attached hydrogen (secondary N) is 2. The molecule has 1 heterocycles. The van der Waals surface area contributed by atoms with Gasteiger partial charge in [0.2, 0.25) is 0 Å². The number of rotatable bonds is 5. The lowest BCUT2D eigenvalue weighted by Crippen LogP contribution is -2.43. The van der Waals surface area contributed by atoms with Gasteiger partial charge in [-0.1, -0.05) is 6.07 Å². The maximum Gasteiger partial charge on any atom is 0.276 e. The highest BCUT2D eigenvalue weighted by Gasteiger charge is 2.05. The van der Waals surface area contributed by atoms with Crippen LogP contribution in [0.5, 0.6) is 5.75 Å². The molecule has 0 spiro atoms. The highest BCUT2D eigenvalue weighted by molar-refractivity contribution is 7.09. The van der Waals surface area contributed by atoms with E-state index in [1.807, 2.05) is 44.4 Å². The van der Waals surface area contributed by atoms with Crippen LogP contribution in [0.4, 0.5) is 0 Å². The second-order valence-corrected chi connectivity index (χ2v) is 6.34. The van der Waals surface area contributed by atoms with Gasteiger partial charge in [-0.2, -0.15) is 0 Å². The zero-order valence-electron chi connectivity index (χ0n) is 13.8. The van der Waals surface area contributed by atoms with Gasteiger partial charge in [0.1, 0.15) is 5.75 Å². The summed E-state index contributed by atoms with van der Waals surface area (Å²) in [5, 5.41) is 2.77. The predicted octanol–water partition coefficient (Wildman–Crippen LogP) is 2.31. The van der Waals surface area contributed by atoms with E-state index in [0.717, 1.165) is 16.1 Å². The first kappa shape index (κ1) is 17.7.